The van der Waals surface area contributed by atoms with Gasteiger partial charge in [0.25, 0.3) is 0 Å². The van der Waals surface area contributed by atoms with E-state index in [1.807, 2.05) is 14.0 Å². The lowest BCUT2D eigenvalue weighted by Gasteiger charge is -2.33. The largest absolute Gasteiger partial charge is 0.507 e. The Morgan fingerprint density at radius 1 is 1.28 bits per heavy atom. The van der Waals surface area contributed by atoms with Crippen molar-refractivity contribution in [3.63, 3.8) is 0 Å². The van der Waals surface area contributed by atoms with Gasteiger partial charge in [-0.1, -0.05) is 19.9 Å². The summed E-state index contributed by atoms with van der Waals surface area (Å²) >= 11 is 0. The van der Waals surface area contributed by atoms with Gasteiger partial charge in [-0.25, -0.2) is 0 Å². The summed E-state index contributed by atoms with van der Waals surface area (Å²) in [5, 5.41) is 19.7. The molecular formula is C14H24N2O2. The molecule has 4 nitrogen and oxygen atoms in total. The first-order chi connectivity index (χ1) is 8.28. The lowest BCUT2D eigenvalue weighted by molar-refractivity contribution is 0.170. The predicted molar refractivity (Wildman–Crippen MR) is 73.7 cm³/mol. The zero-order valence-electron chi connectivity index (χ0n) is 11.6. The number of aromatic hydroxyl groups is 2. The van der Waals surface area contributed by atoms with E-state index in [0.29, 0.717) is 12.1 Å². The van der Waals surface area contributed by atoms with Crippen molar-refractivity contribution in [1.82, 2.24) is 4.90 Å². The monoisotopic (exact) mass is 252 g/mol. The average Bonchev–Trinajstić information content (AvgIpc) is 2.28. The van der Waals surface area contributed by atoms with E-state index in [-0.39, 0.29) is 23.0 Å². The molecule has 102 valence electrons. The molecule has 4 heteroatoms. The molecule has 1 aromatic rings. The van der Waals surface area contributed by atoms with Crippen molar-refractivity contribution in [2.45, 2.75) is 26.8 Å². The maximum atomic E-state index is 9.85. The summed E-state index contributed by atoms with van der Waals surface area (Å²) in [6.07, 6.45) is 0. The lowest BCUT2D eigenvalue weighted by Crippen LogP contribution is -2.37. The maximum Gasteiger partial charge on any atom is 0.124 e. The number of hydrogen-bond donors (Lipinski definition) is 3. The summed E-state index contributed by atoms with van der Waals surface area (Å²) in [6.45, 7) is 7.54. The number of benzene rings is 1. The van der Waals surface area contributed by atoms with Crippen molar-refractivity contribution in [3.8, 4) is 11.5 Å². The highest BCUT2D eigenvalue weighted by molar-refractivity contribution is 5.44. The van der Waals surface area contributed by atoms with Crippen LogP contribution in [0.3, 0.4) is 0 Å². The minimum Gasteiger partial charge on any atom is -0.507 e. The molecule has 0 aliphatic rings. The second kappa shape index (κ2) is 5.59. The van der Waals surface area contributed by atoms with Crippen LogP contribution in [0.5, 0.6) is 11.5 Å². The first-order valence-electron chi connectivity index (χ1n) is 6.19. The van der Waals surface area contributed by atoms with Crippen LogP contribution in [0.2, 0.25) is 0 Å². The molecule has 4 N–H and O–H groups in total. The fraction of sp³-hybridized carbons (Fsp3) is 0.571. The number of hydrogen-bond acceptors (Lipinski definition) is 4. The standard InChI is InChI=1S/C14H24N2O2/c1-10(16(4)9-14(2,3)8-15)13-11(17)6-5-7-12(13)18/h5-7,10,17-18H,8-9,15H2,1-4H3. The van der Waals surface area contributed by atoms with Crippen LogP contribution in [0, 0.1) is 5.41 Å². The van der Waals surface area contributed by atoms with Gasteiger partial charge in [-0.3, -0.25) is 4.90 Å². The van der Waals surface area contributed by atoms with Crippen LogP contribution in [-0.2, 0) is 0 Å². The number of rotatable bonds is 5. The van der Waals surface area contributed by atoms with Gasteiger partial charge in [0, 0.05) is 12.6 Å². The smallest absolute Gasteiger partial charge is 0.124 e. The molecule has 1 aromatic carbocycles. The third-order valence-corrected chi connectivity index (χ3v) is 3.37. The normalized spacial score (nSPS) is 13.9. The van der Waals surface area contributed by atoms with Crippen LogP contribution in [0.4, 0.5) is 0 Å². The average molecular weight is 252 g/mol. The Kier molecular flexibility index (Phi) is 4.59. The Balaban J connectivity index is 2.90. The molecular weight excluding hydrogens is 228 g/mol. The van der Waals surface area contributed by atoms with E-state index >= 15 is 0 Å². The van der Waals surface area contributed by atoms with Crippen LogP contribution >= 0.6 is 0 Å². The van der Waals surface area contributed by atoms with Gasteiger partial charge in [0.05, 0.1) is 5.56 Å². The minimum atomic E-state index is -0.0722. The molecule has 0 saturated carbocycles. The highest BCUT2D eigenvalue weighted by Gasteiger charge is 2.24. The Hall–Kier alpha value is -1.26. The Labute approximate surface area is 109 Å². The first kappa shape index (κ1) is 14.8. The topological polar surface area (TPSA) is 69.7 Å². The number of phenols is 2. The third kappa shape index (κ3) is 3.37. The van der Waals surface area contributed by atoms with E-state index in [1.54, 1.807) is 18.2 Å². The number of nitrogens with zero attached hydrogens (tertiary/aromatic N) is 1. The second-order valence-electron chi connectivity index (χ2n) is 5.67. The molecule has 18 heavy (non-hydrogen) atoms. The number of nitrogens with two attached hydrogens (primary N) is 1. The van der Waals surface area contributed by atoms with E-state index in [1.165, 1.54) is 0 Å². The van der Waals surface area contributed by atoms with Gasteiger partial charge in [0.2, 0.25) is 0 Å². The molecule has 1 unspecified atom stereocenters. The Bertz CT molecular complexity index is 385. The first-order valence-corrected chi connectivity index (χ1v) is 6.19. The zero-order chi connectivity index (χ0) is 13.9. The molecule has 0 bridgehead atoms. The minimum absolute atomic E-state index is 0.00300. The third-order valence-electron chi connectivity index (χ3n) is 3.37. The Morgan fingerprint density at radius 2 is 1.78 bits per heavy atom. The summed E-state index contributed by atoms with van der Waals surface area (Å²) in [7, 11) is 1.97. The summed E-state index contributed by atoms with van der Waals surface area (Å²) in [5.41, 5.74) is 6.29. The molecule has 0 radical (unpaired) electrons. The van der Waals surface area contributed by atoms with E-state index < -0.39 is 0 Å². The molecule has 1 atom stereocenters. The summed E-state index contributed by atoms with van der Waals surface area (Å²) in [4.78, 5) is 2.08. The van der Waals surface area contributed by atoms with Crippen molar-refractivity contribution >= 4 is 0 Å². The van der Waals surface area contributed by atoms with E-state index in [9.17, 15) is 10.2 Å². The van der Waals surface area contributed by atoms with E-state index in [0.717, 1.165) is 6.54 Å². The van der Waals surface area contributed by atoms with Crippen LogP contribution in [0.15, 0.2) is 18.2 Å². The fourth-order valence-electron chi connectivity index (χ4n) is 2.07. The Morgan fingerprint density at radius 3 is 2.22 bits per heavy atom. The van der Waals surface area contributed by atoms with Crippen LogP contribution in [-0.4, -0.2) is 35.3 Å². The fourth-order valence-corrected chi connectivity index (χ4v) is 2.07. The zero-order valence-corrected chi connectivity index (χ0v) is 11.6. The van der Waals surface area contributed by atoms with Gasteiger partial charge in [-0.15, -0.1) is 0 Å². The van der Waals surface area contributed by atoms with Gasteiger partial charge >= 0.3 is 0 Å². The van der Waals surface area contributed by atoms with Crippen molar-refractivity contribution in [2.24, 2.45) is 11.1 Å². The van der Waals surface area contributed by atoms with Crippen LogP contribution in [0.1, 0.15) is 32.4 Å². The van der Waals surface area contributed by atoms with Crippen molar-refractivity contribution in [3.05, 3.63) is 23.8 Å². The molecule has 0 aliphatic carbocycles. The molecule has 0 saturated heterocycles. The molecule has 0 aromatic heterocycles. The van der Waals surface area contributed by atoms with Crippen molar-refractivity contribution in [2.75, 3.05) is 20.1 Å². The second-order valence-corrected chi connectivity index (χ2v) is 5.67. The van der Waals surface area contributed by atoms with Crippen LogP contribution < -0.4 is 5.73 Å². The molecule has 0 heterocycles. The van der Waals surface area contributed by atoms with Gasteiger partial charge in [-0.05, 0) is 38.1 Å². The molecule has 1 rings (SSSR count). The van der Waals surface area contributed by atoms with E-state index in [4.69, 9.17) is 5.73 Å². The summed E-state index contributed by atoms with van der Waals surface area (Å²) in [6, 6.07) is 4.74. The molecule has 0 aliphatic heterocycles. The highest BCUT2D eigenvalue weighted by Crippen LogP contribution is 2.35. The lowest BCUT2D eigenvalue weighted by atomic mass is 9.92. The predicted octanol–water partition coefficient (Wildman–Crippen LogP) is 2.08. The van der Waals surface area contributed by atoms with Crippen LogP contribution in [0.25, 0.3) is 0 Å². The van der Waals surface area contributed by atoms with Gasteiger partial charge < -0.3 is 15.9 Å². The van der Waals surface area contributed by atoms with Gasteiger partial charge in [0.1, 0.15) is 11.5 Å². The maximum absolute atomic E-state index is 9.85. The van der Waals surface area contributed by atoms with Gasteiger partial charge in [0.15, 0.2) is 0 Å². The van der Waals surface area contributed by atoms with Crippen molar-refractivity contribution in [1.29, 1.82) is 0 Å². The number of phenolic OH excluding ortho intramolecular Hbond substituents is 2. The summed E-state index contributed by atoms with van der Waals surface area (Å²) < 4.78 is 0. The summed E-state index contributed by atoms with van der Waals surface area (Å²) in [5.74, 6) is 0.250. The van der Waals surface area contributed by atoms with Gasteiger partial charge in [-0.2, -0.15) is 0 Å². The van der Waals surface area contributed by atoms with E-state index in [2.05, 4.69) is 18.7 Å². The molecule has 0 amide bonds. The highest BCUT2D eigenvalue weighted by atomic mass is 16.3. The molecule has 0 spiro atoms. The quantitative estimate of drug-likeness (QED) is 0.750. The SMILES string of the molecule is CC(c1c(O)cccc1O)N(C)CC(C)(C)CN. The molecule has 0 fully saturated rings. The van der Waals surface area contributed by atoms with Crippen molar-refractivity contribution < 1.29 is 10.2 Å².